The van der Waals surface area contributed by atoms with Crippen LogP contribution in [-0.4, -0.2) is 34.8 Å². The number of hydroxylamine groups is 2. The van der Waals surface area contributed by atoms with Gasteiger partial charge >= 0.3 is 0 Å². The maximum atomic E-state index is 11.4. The Labute approximate surface area is 149 Å². The molecule has 138 valence electrons. The van der Waals surface area contributed by atoms with Crippen molar-refractivity contribution in [2.24, 2.45) is 0 Å². The lowest BCUT2D eigenvalue weighted by Gasteiger charge is -2.51. The molecular formula is C19H28N2O4. The Bertz CT molecular complexity index is 619. The molecule has 0 N–H and O–H groups in total. The van der Waals surface area contributed by atoms with Crippen LogP contribution >= 0.6 is 0 Å². The van der Waals surface area contributed by atoms with Gasteiger partial charge in [-0.3, -0.25) is 15.0 Å². The predicted molar refractivity (Wildman–Crippen MR) is 97.8 cm³/mol. The first-order valence-corrected chi connectivity index (χ1v) is 8.58. The second-order valence-electron chi connectivity index (χ2n) is 7.71. The van der Waals surface area contributed by atoms with E-state index in [9.17, 15) is 10.1 Å². The minimum Gasteiger partial charge on any atom is -0.497 e. The molecule has 1 saturated heterocycles. The number of ether oxygens (including phenoxy) is 1. The molecule has 0 atom stereocenters. The normalized spacial score (nSPS) is 20.3. The van der Waals surface area contributed by atoms with Gasteiger partial charge in [-0.15, -0.1) is 0 Å². The van der Waals surface area contributed by atoms with Gasteiger partial charge in [0.05, 0.1) is 12.0 Å². The van der Waals surface area contributed by atoms with Gasteiger partial charge in [-0.2, -0.15) is 5.06 Å². The summed E-state index contributed by atoms with van der Waals surface area (Å²) in [5, 5.41) is 13.4. The third-order valence-corrected chi connectivity index (χ3v) is 4.70. The monoisotopic (exact) mass is 348 g/mol. The van der Waals surface area contributed by atoms with Crippen LogP contribution in [0.2, 0.25) is 0 Å². The van der Waals surface area contributed by atoms with Gasteiger partial charge in [0.25, 0.3) is 5.70 Å². The van der Waals surface area contributed by atoms with Crippen molar-refractivity contribution < 1.29 is 14.5 Å². The number of rotatable bonds is 6. The molecule has 25 heavy (non-hydrogen) atoms. The topological polar surface area (TPSA) is 64.8 Å². The summed E-state index contributed by atoms with van der Waals surface area (Å²) in [6.45, 7) is 8.41. The van der Waals surface area contributed by atoms with Gasteiger partial charge in [0.1, 0.15) is 5.75 Å². The molecule has 0 aromatic heterocycles. The Morgan fingerprint density at radius 2 is 1.76 bits per heavy atom. The highest BCUT2D eigenvalue weighted by Gasteiger charge is 2.42. The van der Waals surface area contributed by atoms with Crippen LogP contribution in [0.4, 0.5) is 0 Å². The minimum absolute atomic E-state index is 0.0299. The van der Waals surface area contributed by atoms with E-state index < -0.39 is 0 Å². The smallest absolute Gasteiger partial charge is 0.274 e. The minimum atomic E-state index is -0.381. The lowest BCUT2D eigenvalue weighted by Crippen LogP contribution is -2.58. The summed E-state index contributed by atoms with van der Waals surface area (Å²) in [5.74, 6) is 0.716. The van der Waals surface area contributed by atoms with E-state index in [0.717, 1.165) is 24.8 Å². The molecule has 6 heteroatoms. The highest BCUT2D eigenvalue weighted by Crippen LogP contribution is 2.38. The van der Waals surface area contributed by atoms with E-state index in [2.05, 4.69) is 27.7 Å². The van der Waals surface area contributed by atoms with Gasteiger partial charge in [-0.1, -0.05) is 12.1 Å². The van der Waals surface area contributed by atoms with Gasteiger partial charge in [-0.25, -0.2) is 0 Å². The largest absolute Gasteiger partial charge is 0.497 e. The third kappa shape index (κ3) is 4.80. The molecule has 1 fully saturated rings. The molecule has 1 aromatic carbocycles. The van der Waals surface area contributed by atoms with Crippen molar-refractivity contribution in [1.29, 1.82) is 0 Å². The summed E-state index contributed by atoms with van der Waals surface area (Å²) >= 11 is 0. The van der Waals surface area contributed by atoms with Crippen molar-refractivity contribution in [2.75, 3.05) is 13.7 Å². The SMILES string of the molecule is COc1ccc(/C=C(\CON2C(C)(C)CCCC2(C)C)[N+](=O)[O-])cc1. The number of methoxy groups -OCH3 is 1. The quantitative estimate of drug-likeness (QED) is 0.567. The molecule has 0 amide bonds. The lowest BCUT2D eigenvalue weighted by atomic mass is 9.82. The van der Waals surface area contributed by atoms with Gasteiger partial charge < -0.3 is 4.74 Å². The first-order valence-electron chi connectivity index (χ1n) is 8.58. The molecule has 1 aliphatic rings. The van der Waals surface area contributed by atoms with E-state index >= 15 is 0 Å². The van der Waals surface area contributed by atoms with Crippen molar-refractivity contribution in [1.82, 2.24) is 5.06 Å². The molecule has 0 bridgehead atoms. The summed E-state index contributed by atoms with van der Waals surface area (Å²) in [6.07, 6.45) is 4.69. The summed E-state index contributed by atoms with van der Waals surface area (Å²) in [4.78, 5) is 17.0. The van der Waals surface area contributed by atoms with Gasteiger partial charge in [0, 0.05) is 17.2 Å². The second kappa shape index (κ2) is 7.54. The van der Waals surface area contributed by atoms with Crippen LogP contribution in [0, 0.1) is 10.1 Å². The first kappa shape index (κ1) is 19.4. The van der Waals surface area contributed by atoms with Crippen LogP contribution in [0.3, 0.4) is 0 Å². The average molecular weight is 348 g/mol. The van der Waals surface area contributed by atoms with Crippen LogP contribution in [0.5, 0.6) is 5.75 Å². The van der Waals surface area contributed by atoms with Crippen molar-refractivity contribution in [2.45, 2.75) is 58.0 Å². The van der Waals surface area contributed by atoms with Gasteiger partial charge in [-0.05, 0) is 64.7 Å². The van der Waals surface area contributed by atoms with Crippen LogP contribution < -0.4 is 4.74 Å². The van der Waals surface area contributed by atoms with Crippen LogP contribution in [0.25, 0.3) is 6.08 Å². The van der Waals surface area contributed by atoms with Crippen LogP contribution in [0.1, 0.15) is 52.5 Å². The van der Waals surface area contributed by atoms with Crippen LogP contribution in [-0.2, 0) is 4.84 Å². The Balaban J connectivity index is 2.15. The molecule has 1 aliphatic heterocycles. The maximum absolute atomic E-state index is 11.4. The molecule has 0 radical (unpaired) electrons. The number of nitro groups is 1. The maximum Gasteiger partial charge on any atom is 0.274 e. The zero-order valence-corrected chi connectivity index (χ0v) is 15.7. The van der Waals surface area contributed by atoms with Crippen molar-refractivity contribution in [3.63, 3.8) is 0 Å². The van der Waals surface area contributed by atoms with Crippen molar-refractivity contribution in [3.8, 4) is 5.75 Å². The average Bonchev–Trinajstić information content (AvgIpc) is 2.52. The van der Waals surface area contributed by atoms with Gasteiger partial charge in [0.2, 0.25) is 0 Å². The number of hydrogen-bond acceptors (Lipinski definition) is 5. The van der Waals surface area contributed by atoms with E-state index in [1.54, 1.807) is 37.5 Å². The van der Waals surface area contributed by atoms with Crippen molar-refractivity contribution in [3.05, 3.63) is 45.6 Å². The molecule has 0 spiro atoms. The summed E-state index contributed by atoms with van der Waals surface area (Å²) < 4.78 is 5.11. The summed E-state index contributed by atoms with van der Waals surface area (Å²) in [7, 11) is 1.59. The fourth-order valence-corrected chi connectivity index (χ4v) is 3.50. The zero-order valence-electron chi connectivity index (χ0n) is 15.7. The zero-order chi connectivity index (χ0) is 18.7. The number of hydrogen-bond donors (Lipinski definition) is 0. The Morgan fingerprint density at radius 3 is 2.24 bits per heavy atom. The van der Waals surface area contributed by atoms with Gasteiger partial charge in [0.15, 0.2) is 6.61 Å². The van der Waals surface area contributed by atoms with E-state index in [-0.39, 0.29) is 28.3 Å². The number of nitrogens with zero attached hydrogens (tertiary/aromatic N) is 2. The fraction of sp³-hybridized carbons (Fsp3) is 0.579. The summed E-state index contributed by atoms with van der Waals surface area (Å²) in [6, 6.07) is 7.14. The molecule has 0 saturated carbocycles. The highest BCUT2D eigenvalue weighted by atomic mass is 16.7. The van der Waals surface area contributed by atoms with Crippen LogP contribution in [0.15, 0.2) is 30.0 Å². The third-order valence-electron chi connectivity index (χ3n) is 4.70. The Kier molecular flexibility index (Phi) is 5.85. The first-order chi connectivity index (χ1) is 11.7. The number of benzene rings is 1. The fourth-order valence-electron chi connectivity index (χ4n) is 3.50. The lowest BCUT2D eigenvalue weighted by molar-refractivity contribution is -0.436. The van der Waals surface area contributed by atoms with E-state index in [4.69, 9.17) is 9.57 Å². The van der Waals surface area contributed by atoms with E-state index in [1.807, 2.05) is 5.06 Å². The van der Waals surface area contributed by atoms with E-state index in [1.165, 1.54) is 0 Å². The molecule has 1 aromatic rings. The highest BCUT2D eigenvalue weighted by molar-refractivity contribution is 5.52. The molecule has 6 nitrogen and oxygen atoms in total. The molecule has 2 rings (SSSR count). The summed E-state index contributed by atoms with van der Waals surface area (Å²) in [5.41, 5.74) is 0.475. The number of piperidine rings is 1. The molecule has 0 unspecified atom stereocenters. The van der Waals surface area contributed by atoms with E-state index in [0.29, 0.717) is 5.75 Å². The molecule has 1 heterocycles. The Morgan fingerprint density at radius 1 is 1.20 bits per heavy atom. The standard InChI is InChI=1S/C19H28N2O4/c1-18(2)11-6-12-19(3,4)21(18)25-14-16(20(22)23)13-15-7-9-17(24-5)10-8-15/h7-10,13H,6,11-12,14H2,1-5H3/b16-13+. The van der Waals surface area contributed by atoms with Crippen molar-refractivity contribution >= 4 is 6.08 Å². The predicted octanol–water partition coefficient (Wildman–Crippen LogP) is 4.29. The Hall–Kier alpha value is -1.92. The second-order valence-corrected chi connectivity index (χ2v) is 7.71. The molecule has 0 aliphatic carbocycles. The molecular weight excluding hydrogens is 320 g/mol.